The number of benzene rings is 2. The third-order valence-electron chi connectivity index (χ3n) is 3.22. The molecule has 0 aliphatic carbocycles. The molecule has 2 aromatic rings. The van der Waals surface area contributed by atoms with Crippen LogP contribution >= 0.6 is 0 Å². The average Bonchev–Trinajstić information content (AvgIpc) is 2.45. The summed E-state index contributed by atoms with van der Waals surface area (Å²) in [4.78, 5) is 0. The van der Waals surface area contributed by atoms with E-state index in [0.29, 0.717) is 12.6 Å². The molecule has 0 saturated heterocycles. The number of rotatable bonds is 5. The zero-order valence-electron chi connectivity index (χ0n) is 11.2. The van der Waals surface area contributed by atoms with Crippen LogP contribution in [0.3, 0.4) is 0 Å². The van der Waals surface area contributed by atoms with Gasteiger partial charge in [0.05, 0.1) is 0 Å². The maximum absolute atomic E-state index is 13.5. The van der Waals surface area contributed by atoms with E-state index in [2.05, 4.69) is 12.2 Å². The summed E-state index contributed by atoms with van der Waals surface area (Å²) in [5.74, 6) is -2.93. The molecule has 0 radical (unpaired) electrons. The van der Waals surface area contributed by atoms with Crippen molar-refractivity contribution in [3.05, 3.63) is 70.5 Å². The number of nitrogens with one attached hydrogen (secondary N) is 1. The van der Waals surface area contributed by atoms with Gasteiger partial charge in [0.15, 0.2) is 11.6 Å². The number of hydrogen-bond donors (Lipinski definition) is 1. The van der Waals surface area contributed by atoms with E-state index < -0.39 is 17.5 Å². The Labute approximate surface area is 116 Å². The Kier molecular flexibility index (Phi) is 4.79. The normalized spacial score (nSPS) is 10.8. The van der Waals surface area contributed by atoms with Gasteiger partial charge in [-0.25, -0.2) is 13.2 Å². The molecule has 0 aromatic heterocycles. The molecular formula is C16H16F3N. The topological polar surface area (TPSA) is 12.0 Å². The van der Waals surface area contributed by atoms with Crippen molar-refractivity contribution >= 4 is 0 Å². The largest absolute Gasteiger partial charge is 0.308 e. The van der Waals surface area contributed by atoms with Gasteiger partial charge in [0.25, 0.3) is 0 Å². The van der Waals surface area contributed by atoms with E-state index >= 15 is 0 Å². The lowest BCUT2D eigenvalue weighted by Crippen LogP contribution is -2.15. The molecule has 0 bridgehead atoms. The SMILES string of the molecule is CCc1ccccc1CNCc1cc(F)c(F)cc1F. The number of hydrogen-bond acceptors (Lipinski definition) is 1. The van der Waals surface area contributed by atoms with Gasteiger partial charge in [0.1, 0.15) is 5.82 Å². The van der Waals surface area contributed by atoms with Crippen LogP contribution in [0, 0.1) is 17.5 Å². The molecule has 1 nitrogen and oxygen atoms in total. The second kappa shape index (κ2) is 6.57. The van der Waals surface area contributed by atoms with Crippen LogP contribution in [0.4, 0.5) is 13.2 Å². The van der Waals surface area contributed by atoms with E-state index in [1.807, 2.05) is 24.3 Å². The quantitative estimate of drug-likeness (QED) is 0.817. The van der Waals surface area contributed by atoms with Crippen LogP contribution < -0.4 is 5.32 Å². The molecular weight excluding hydrogens is 263 g/mol. The lowest BCUT2D eigenvalue weighted by Gasteiger charge is -2.10. The Morgan fingerprint density at radius 2 is 1.40 bits per heavy atom. The molecule has 0 atom stereocenters. The fourth-order valence-electron chi connectivity index (χ4n) is 2.11. The van der Waals surface area contributed by atoms with Crippen molar-refractivity contribution in [2.75, 3.05) is 0 Å². The van der Waals surface area contributed by atoms with Gasteiger partial charge in [-0.2, -0.15) is 0 Å². The zero-order valence-corrected chi connectivity index (χ0v) is 11.2. The minimum absolute atomic E-state index is 0.123. The smallest absolute Gasteiger partial charge is 0.161 e. The van der Waals surface area contributed by atoms with E-state index in [4.69, 9.17) is 0 Å². The highest BCUT2D eigenvalue weighted by atomic mass is 19.2. The predicted octanol–water partition coefficient (Wildman–Crippen LogP) is 3.96. The first-order valence-corrected chi connectivity index (χ1v) is 6.52. The van der Waals surface area contributed by atoms with Crippen LogP contribution in [0.1, 0.15) is 23.6 Å². The fraction of sp³-hybridized carbons (Fsp3) is 0.250. The molecule has 106 valence electrons. The highest BCUT2D eigenvalue weighted by Gasteiger charge is 2.09. The second-order valence-electron chi connectivity index (χ2n) is 4.58. The molecule has 2 aromatic carbocycles. The van der Waals surface area contributed by atoms with Crippen molar-refractivity contribution in [1.82, 2.24) is 5.32 Å². The Hall–Kier alpha value is -1.81. The minimum atomic E-state index is -1.16. The van der Waals surface area contributed by atoms with E-state index in [1.54, 1.807) is 0 Å². The molecule has 0 unspecified atom stereocenters. The summed E-state index contributed by atoms with van der Waals surface area (Å²) < 4.78 is 39.3. The van der Waals surface area contributed by atoms with E-state index in [0.717, 1.165) is 18.1 Å². The van der Waals surface area contributed by atoms with Gasteiger partial charge < -0.3 is 5.32 Å². The molecule has 0 spiro atoms. The van der Waals surface area contributed by atoms with Crippen molar-refractivity contribution in [1.29, 1.82) is 0 Å². The van der Waals surface area contributed by atoms with Crippen molar-refractivity contribution in [3.63, 3.8) is 0 Å². The van der Waals surface area contributed by atoms with Crippen LogP contribution in [-0.4, -0.2) is 0 Å². The summed E-state index contributed by atoms with van der Waals surface area (Å²) in [5, 5.41) is 3.05. The Bertz CT molecular complexity index is 596. The number of halogens is 3. The van der Waals surface area contributed by atoms with E-state index in [-0.39, 0.29) is 12.1 Å². The summed E-state index contributed by atoms with van der Waals surface area (Å²) in [6.45, 7) is 2.78. The van der Waals surface area contributed by atoms with Crippen molar-refractivity contribution in [2.45, 2.75) is 26.4 Å². The fourth-order valence-corrected chi connectivity index (χ4v) is 2.11. The lowest BCUT2D eigenvalue weighted by molar-refractivity contribution is 0.486. The molecule has 0 aliphatic rings. The standard InChI is InChI=1S/C16H16F3N/c1-2-11-5-3-4-6-12(11)9-20-10-13-7-15(18)16(19)8-14(13)17/h3-8,20H,2,9-10H2,1H3. The summed E-state index contributed by atoms with van der Waals surface area (Å²) in [6.07, 6.45) is 0.914. The van der Waals surface area contributed by atoms with Gasteiger partial charge in [0, 0.05) is 24.7 Å². The third-order valence-corrected chi connectivity index (χ3v) is 3.22. The molecule has 20 heavy (non-hydrogen) atoms. The van der Waals surface area contributed by atoms with E-state index in [9.17, 15) is 13.2 Å². The van der Waals surface area contributed by atoms with Crippen LogP contribution in [-0.2, 0) is 19.5 Å². The van der Waals surface area contributed by atoms with Crippen molar-refractivity contribution in [2.24, 2.45) is 0 Å². The van der Waals surface area contributed by atoms with Crippen LogP contribution in [0.5, 0.6) is 0 Å². The molecule has 0 amide bonds. The summed E-state index contributed by atoms with van der Waals surface area (Å²) in [7, 11) is 0. The Morgan fingerprint density at radius 1 is 0.800 bits per heavy atom. The highest BCUT2D eigenvalue weighted by Crippen LogP contribution is 2.14. The second-order valence-corrected chi connectivity index (χ2v) is 4.58. The summed E-state index contributed by atoms with van der Waals surface area (Å²) in [5.41, 5.74) is 2.46. The molecule has 0 aliphatic heterocycles. The first kappa shape index (κ1) is 14.6. The van der Waals surface area contributed by atoms with Gasteiger partial charge in [-0.3, -0.25) is 0 Å². The summed E-state index contributed by atoms with van der Waals surface area (Å²) in [6, 6.07) is 9.41. The van der Waals surface area contributed by atoms with E-state index in [1.165, 1.54) is 5.56 Å². The van der Waals surface area contributed by atoms with Gasteiger partial charge in [-0.1, -0.05) is 31.2 Å². The van der Waals surface area contributed by atoms with Gasteiger partial charge in [0.2, 0.25) is 0 Å². The Morgan fingerprint density at radius 3 is 2.10 bits per heavy atom. The predicted molar refractivity (Wildman–Crippen MR) is 72.7 cm³/mol. The van der Waals surface area contributed by atoms with Gasteiger partial charge in [-0.05, 0) is 23.6 Å². The van der Waals surface area contributed by atoms with Crippen LogP contribution in [0.25, 0.3) is 0 Å². The summed E-state index contributed by atoms with van der Waals surface area (Å²) >= 11 is 0. The van der Waals surface area contributed by atoms with Crippen molar-refractivity contribution in [3.8, 4) is 0 Å². The molecule has 2 rings (SSSR count). The maximum Gasteiger partial charge on any atom is 0.161 e. The van der Waals surface area contributed by atoms with Gasteiger partial charge in [-0.15, -0.1) is 0 Å². The zero-order chi connectivity index (χ0) is 14.5. The highest BCUT2D eigenvalue weighted by molar-refractivity contribution is 5.27. The van der Waals surface area contributed by atoms with Crippen LogP contribution in [0.15, 0.2) is 36.4 Å². The first-order chi connectivity index (χ1) is 9.61. The molecule has 1 N–H and O–H groups in total. The third kappa shape index (κ3) is 3.39. The first-order valence-electron chi connectivity index (χ1n) is 6.52. The van der Waals surface area contributed by atoms with Gasteiger partial charge >= 0.3 is 0 Å². The maximum atomic E-state index is 13.5. The molecule has 0 saturated carbocycles. The number of aryl methyl sites for hydroxylation is 1. The minimum Gasteiger partial charge on any atom is -0.308 e. The van der Waals surface area contributed by atoms with Crippen LogP contribution in [0.2, 0.25) is 0 Å². The molecule has 0 fully saturated rings. The monoisotopic (exact) mass is 279 g/mol. The molecule has 0 heterocycles. The molecule has 4 heteroatoms. The average molecular weight is 279 g/mol. The Balaban J connectivity index is 2.01. The van der Waals surface area contributed by atoms with Crippen molar-refractivity contribution < 1.29 is 13.2 Å². The lowest BCUT2D eigenvalue weighted by atomic mass is 10.1.